The summed E-state index contributed by atoms with van der Waals surface area (Å²) in [6.45, 7) is 0.926. The molecule has 0 spiro atoms. The van der Waals surface area contributed by atoms with E-state index in [1.54, 1.807) is 11.0 Å². The lowest BCUT2D eigenvalue weighted by molar-refractivity contribution is -0.112. The summed E-state index contributed by atoms with van der Waals surface area (Å²) in [5.41, 5.74) is 4.16. The largest absolute Gasteiger partial charge is 0.353 e. The first-order chi connectivity index (χ1) is 14.5. The van der Waals surface area contributed by atoms with Gasteiger partial charge in [0.15, 0.2) is 0 Å². The molecule has 0 atom stereocenters. The summed E-state index contributed by atoms with van der Waals surface area (Å²) in [4.78, 5) is 25.3. The van der Waals surface area contributed by atoms with E-state index in [-0.39, 0.29) is 22.8 Å². The Hall–Kier alpha value is -2.89. The number of amides is 3. The number of nitrogens with one attached hydrogen (secondary N) is 2. The summed E-state index contributed by atoms with van der Waals surface area (Å²) < 4.78 is 13.4. The third kappa shape index (κ3) is 3.24. The van der Waals surface area contributed by atoms with Crippen LogP contribution in [0.5, 0.6) is 0 Å². The highest BCUT2D eigenvalue weighted by atomic mass is 19.1. The fourth-order valence-corrected chi connectivity index (χ4v) is 5.58. The van der Waals surface area contributed by atoms with Crippen molar-refractivity contribution < 1.29 is 14.0 Å². The predicted molar refractivity (Wildman–Crippen MR) is 112 cm³/mol. The van der Waals surface area contributed by atoms with Crippen molar-refractivity contribution in [2.45, 2.75) is 62.6 Å². The lowest BCUT2D eigenvalue weighted by Gasteiger charge is -2.53. The Kier molecular flexibility index (Phi) is 4.53. The van der Waals surface area contributed by atoms with Gasteiger partial charge in [-0.1, -0.05) is 18.2 Å². The second kappa shape index (κ2) is 7.11. The molecule has 2 aromatic carbocycles. The molecule has 3 amide bonds. The van der Waals surface area contributed by atoms with Gasteiger partial charge in [0.25, 0.3) is 0 Å². The van der Waals surface area contributed by atoms with E-state index in [2.05, 4.69) is 22.8 Å². The summed E-state index contributed by atoms with van der Waals surface area (Å²) in [7, 11) is 0. The zero-order chi connectivity index (χ0) is 20.8. The maximum atomic E-state index is 13.4. The third-order valence-electron chi connectivity index (χ3n) is 7.54. The Morgan fingerprint density at radius 1 is 0.933 bits per heavy atom. The fraction of sp³-hybridized carbons (Fsp3) is 0.417. The molecule has 6 rings (SSSR count). The van der Waals surface area contributed by atoms with Gasteiger partial charge < -0.3 is 15.5 Å². The third-order valence-corrected chi connectivity index (χ3v) is 7.54. The van der Waals surface area contributed by atoms with Gasteiger partial charge in [0.1, 0.15) is 5.82 Å². The molecule has 6 heteroatoms. The highest BCUT2D eigenvalue weighted by Gasteiger charge is 2.49. The van der Waals surface area contributed by atoms with Crippen LogP contribution in [0.2, 0.25) is 0 Å². The number of hydrogen-bond acceptors (Lipinski definition) is 2. The number of benzene rings is 2. The zero-order valence-electron chi connectivity index (χ0n) is 16.9. The van der Waals surface area contributed by atoms with E-state index in [1.807, 2.05) is 12.1 Å². The molecule has 3 saturated carbocycles. The van der Waals surface area contributed by atoms with Gasteiger partial charge in [0, 0.05) is 24.3 Å². The van der Waals surface area contributed by atoms with Crippen LogP contribution >= 0.6 is 0 Å². The minimum absolute atomic E-state index is 0.00758. The molecule has 2 aromatic rings. The molecular weight excluding hydrogens is 381 g/mol. The maximum absolute atomic E-state index is 13.4. The molecule has 0 unspecified atom stereocenters. The molecule has 5 nitrogen and oxygen atoms in total. The molecule has 2 bridgehead atoms. The highest BCUT2D eigenvalue weighted by molar-refractivity contribution is 5.89. The number of anilines is 1. The molecule has 3 aliphatic carbocycles. The average Bonchev–Trinajstić information content (AvgIpc) is 3.19. The van der Waals surface area contributed by atoms with Gasteiger partial charge in [-0.25, -0.2) is 9.18 Å². The number of carbonyl (C=O) groups excluding carboxylic acids is 2. The number of urea groups is 1. The van der Waals surface area contributed by atoms with E-state index in [4.69, 9.17) is 0 Å². The van der Waals surface area contributed by atoms with Gasteiger partial charge in [0.2, 0.25) is 6.41 Å². The van der Waals surface area contributed by atoms with Crippen LogP contribution in [-0.4, -0.2) is 22.9 Å². The van der Waals surface area contributed by atoms with Crippen molar-refractivity contribution in [1.29, 1.82) is 0 Å². The van der Waals surface area contributed by atoms with Gasteiger partial charge in [-0.05, 0) is 84.9 Å². The van der Waals surface area contributed by atoms with E-state index in [0.717, 1.165) is 61.7 Å². The first-order valence-electron chi connectivity index (χ1n) is 10.7. The molecule has 0 aromatic heterocycles. The van der Waals surface area contributed by atoms with E-state index >= 15 is 0 Å². The smallest absolute Gasteiger partial charge is 0.322 e. The monoisotopic (exact) mass is 407 g/mol. The molecule has 2 N–H and O–H groups in total. The van der Waals surface area contributed by atoms with Crippen LogP contribution in [-0.2, 0) is 23.3 Å². The topological polar surface area (TPSA) is 61.4 Å². The van der Waals surface area contributed by atoms with Gasteiger partial charge >= 0.3 is 6.03 Å². The van der Waals surface area contributed by atoms with E-state index in [0.29, 0.717) is 13.1 Å². The fourth-order valence-electron chi connectivity index (χ4n) is 5.58. The number of fused-ring (bicyclic) bond motifs is 4. The van der Waals surface area contributed by atoms with Gasteiger partial charge in [-0.15, -0.1) is 0 Å². The van der Waals surface area contributed by atoms with E-state index < -0.39 is 0 Å². The molecule has 0 radical (unpaired) electrons. The van der Waals surface area contributed by atoms with Crippen LogP contribution in [0.25, 0.3) is 0 Å². The second-order valence-corrected chi connectivity index (χ2v) is 9.10. The van der Waals surface area contributed by atoms with Crippen molar-refractivity contribution in [3.05, 3.63) is 65.0 Å². The van der Waals surface area contributed by atoms with Crippen molar-refractivity contribution in [1.82, 2.24) is 10.2 Å². The van der Waals surface area contributed by atoms with Gasteiger partial charge in [0.05, 0.1) is 0 Å². The Bertz CT molecular complexity index is 964. The van der Waals surface area contributed by atoms with Crippen molar-refractivity contribution in [3.8, 4) is 0 Å². The van der Waals surface area contributed by atoms with E-state index in [9.17, 15) is 14.0 Å². The highest BCUT2D eigenvalue weighted by Crippen LogP contribution is 2.53. The first-order valence-corrected chi connectivity index (χ1v) is 10.7. The average molecular weight is 407 g/mol. The molecule has 0 saturated heterocycles. The van der Waals surface area contributed by atoms with Gasteiger partial charge in [-0.3, -0.25) is 4.79 Å². The Morgan fingerprint density at radius 3 is 2.27 bits per heavy atom. The first kappa shape index (κ1) is 19.1. The molecule has 30 heavy (non-hydrogen) atoms. The summed E-state index contributed by atoms with van der Waals surface area (Å²) in [6.07, 6.45) is 7.19. The number of nitrogens with zero attached hydrogens (tertiary/aromatic N) is 1. The summed E-state index contributed by atoms with van der Waals surface area (Å²) in [5.74, 6) is -0.268. The van der Waals surface area contributed by atoms with Crippen molar-refractivity contribution in [2.75, 3.05) is 5.32 Å². The zero-order valence-corrected chi connectivity index (χ0v) is 16.9. The van der Waals surface area contributed by atoms with Crippen LogP contribution in [0.1, 0.15) is 55.2 Å². The van der Waals surface area contributed by atoms with Crippen molar-refractivity contribution in [2.24, 2.45) is 0 Å². The standard InChI is InChI=1S/C24H26FN3O2/c25-20-4-1-17-14-28(15-18(17)13-20)22(30)27-21-5-2-19(3-6-21)23-7-10-24(11-8-23,12-9-23)26-16-29/h1-6,13,16H,7-12,14-15H2,(H,26,29)(H,27,30). The minimum atomic E-state index is -0.268. The van der Waals surface area contributed by atoms with Gasteiger partial charge in [-0.2, -0.15) is 0 Å². The van der Waals surface area contributed by atoms with Crippen molar-refractivity contribution in [3.63, 3.8) is 0 Å². The Labute approximate surface area is 175 Å². The summed E-state index contributed by atoms with van der Waals surface area (Å²) in [6, 6.07) is 12.7. The lowest BCUT2D eigenvalue weighted by Crippen LogP contribution is -2.55. The molecule has 1 heterocycles. The molecule has 4 aliphatic rings. The number of carbonyl (C=O) groups is 2. The second-order valence-electron chi connectivity index (χ2n) is 9.10. The minimum Gasteiger partial charge on any atom is -0.353 e. The number of hydrogen-bond donors (Lipinski definition) is 2. The number of halogens is 1. The van der Waals surface area contributed by atoms with Crippen molar-refractivity contribution >= 4 is 18.1 Å². The molecule has 1 aliphatic heterocycles. The summed E-state index contributed by atoms with van der Waals surface area (Å²) in [5, 5.41) is 6.04. The Morgan fingerprint density at radius 2 is 1.60 bits per heavy atom. The van der Waals surface area contributed by atoms with Crippen LogP contribution in [0.15, 0.2) is 42.5 Å². The molecular formula is C24H26FN3O2. The maximum Gasteiger partial charge on any atom is 0.322 e. The summed E-state index contributed by atoms with van der Waals surface area (Å²) >= 11 is 0. The number of rotatable bonds is 4. The van der Waals surface area contributed by atoms with Crippen LogP contribution < -0.4 is 10.6 Å². The quantitative estimate of drug-likeness (QED) is 0.735. The van der Waals surface area contributed by atoms with Crippen LogP contribution in [0.4, 0.5) is 14.9 Å². The normalized spacial score (nSPS) is 26.9. The Balaban J connectivity index is 1.23. The molecule has 156 valence electrons. The van der Waals surface area contributed by atoms with Crippen LogP contribution in [0.3, 0.4) is 0 Å². The van der Waals surface area contributed by atoms with Crippen LogP contribution in [0, 0.1) is 5.82 Å². The predicted octanol–water partition coefficient (Wildman–Crippen LogP) is 4.46. The molecule has 3 fully saturated rings. The SMILES string of the molecule is O=CNC12CCC(c3ccc(NC(=O)N4Cc5ccc(F)cc5C4)cc3)(CC1)CC2. The van der Waals surface area contributed by atoms with E-state index in [1.165, 1.54) is 17.7 Å². The lowest BCUT2D eigenvalue weighted by atomic mass is 9.55.